The van der Waals surface area contributed by atoms with Crippen molar-refractivity contribution in [2.45, 2.75) is 89.3 Å². The second-order valence-corrected chi connectivity index (χ2v) is 8.63. The van der Waals surface area contributed by atoms with Gasteiger partial charge in [-0.2, -0.15) is 13.2 Å². The maximum atomic E-state index is 13.9. The van der Waals surface area contributed by atoms with E-state index in [-0.39, 0.29) is 5.92 Å². The summed E-state index contributed by atoms with van der Waals surface area (Å²) in [6.07, 6.45) is 6.85. The summed E-state index contributed by atoms with van der Waals surface area (Å²) < 4.78 is 58.4. The number of ether oxygens (including phenoxy) is 1. The molecular weight excluding hydrogens is 368 g/mol. The Morgan fingerprint density at radius 2 is 1.71 bits per heavy atom. The van der Waals surface area contributed by atoms with Crippen molar-refractivity contribution in [2.24, 2.45) is 11.8 Å². The first-order valence-electron chi connectivity index (χ1n) is 10.9. The van der Waals surface area contributed by atoms with Crippen molar-refractivity contribution in [3.63, 3.8) is 0 Å². The van der Waals surface area contributed by atoms with Crippen LogP contribution in [-0.4, -0.2) is 12.7 Å². The van der Waals surface area contributed by atoms with Gasteiger partial charge in [0.05, 0.1) is 11.7 Å². The minimum absolute atomic E-state index is 0.171. The number of fused-ring (bicyclic) bond motifs is 1. The fraction of sp³-hybridized carbons (Fsp3) is 0.739. The van der Waals surface area contributed by atoms with Gasteiger partial charge in [0.1, 0.15) is 5.82 Å². The largest absolute Gasteiger partial charge is 0.419 e. The van der Waals surface area contributed by atoms with Crippen LogP contribution in [0.1, 0.15) is 88.2 Å². The summed E-state index contributed by atoms with van der Waals surface area (Å²) in [6, 6.07) is 3.49. The van der Waals surface area contributed by atoms with Crippen molar-refractivity contribution in [3.05, 3.63) is 35.1 Å². The number of benzene rings is 1. The molecule has 28 heavy (non-hydrogen) atoms. The molecule has 3 rings (SSSR count). The van der Waals surface area contributed by atoms with Crippen LogP contribution in [0.5, 0.6) is 0 Å². The van der Waals surface area contributed by atoms with Crippen LogP contribution in [0.3, 0.4) is 0 Å². The van der Waals surface area contributed by atoms with E-state index in [2.05, 4.69) is 6.92 Å². The lowest BCUT2D eigenvalue weighted by atomic mass is 9.65. The molecule has 4 unspecified atom stereocenters. The van der Waals surface area contributed by atoms with Crippen molar-refractivity contribution >= 4 is 0 Å². The number of alkyl halides is 3. The van der Waals surface area contributed by atoms with Crippen molar-refractivity contribution in [1.82, 2.24) is 0 Å². The maximum absolute atomic E-state index is 13.9. The Balaban J connectivity index is 1.50. The summed E-state index contributed by atoms with van der Waals surface area (Å²) in [6.45, 7) is 3.06. The first kappa shape index (κ1) is 21.6. The van der Waals surface area contributed by atoms with E-state index in [9.17, 15) is 17.6 Å². The van der Waals surface area contributed by atoms with E-state index in [0.29, 0.717) is 17.9 Å². The van der Waals surface area contributed by atoms with Crippen LogP contribution in [-0.2, 0) is 10.9 Å². The Hall–Kier alpha value is -1.10. The average Bonchev–Trinajstić information content (AvgIpc) is 2.66. The molecule has 5 heteroatoms. The van der Waals surface area contributed by atoms with Gasteiger partial charge in [-0.25, -0.2) is 4.39 Å². The molecule has 158 valence electrons. The molecule has 1 aromatic carbocycles. The van der Waals surface area contributed by atoms with Gasteiger partial charge in [-0.3, -0.25) is 0 Å². The van der Waals surface area contributed by atoms with Gasteiger partial charge in [0.15, 0.2) is 0 Å². The van der Waals surface area contributed by atoms with Crippen LogP contribution in [0.2, 0.25) is 0 Å². The molecule has 0 saturated heterocycles. The fourth-order valence-electron chi connectivity index (χ4n) is 5.09. The topological polar surface area (TPSA) is 9.23 Å². The molecule has 0 heterocycles. The van der Waals surface area contributed by atoms with Crippen LogP contribution >= 0.6 is 0 Å². The molecule has 2 aliphatic carbocycles. The molecular formula is C23H32F4O. The number of unbranched alkanes of at least 4 members (excludes halogenated alkanes) is 3. The van der Waals surface area contributed by atoms with E-state index in [4.69, 9.17) is 4.74 Å². The van der Waals surface area contributed by atoms with Gasteiger partial charge in [0, 0.05) is 6.61 Å². The molecule has 0 aromatic heterocycles. The van der Waals surface area contributed by atoms with E-state index < -0.39 is 17.6 Å². The number of hydrogen-bond donors (Lipinski definition) is 0. The molecule has 0 aliphatic heterocycles. The Kier molecular flexibility index (Phi) is 7.41. The fourth-order valence-corrected chi connectivity index (χ4v) is 5.09. The molecule has 1 aromatic rings. The second-order valence-electron chi connectivity index (χ2n) is 8.63. The number of rotatable bonds is 7. The molecule has 4 atom stereocenters. The minimum Gasteiger partial charge on any atom is -0.378 e. The zero-order valence-electron chi connectivity index (χ0n) is 16.7. The third-order valence-corrected chi connectivity index (χ3v) is 6.69. The zero-order chi connectivity index (χ0) is 20.1. The molecule has 0 N–H and O–H groups in total. The third-order valence-electron chi connectivity index (χ3n) is 6.69. The summed E-state index contributed by atoms with van der Waals surface area (Å²) in [4.78, 5) is 0. The SMILES string of the molecule is CCCCCCOC1CCC2CC(c3ccc(C(F)(F)F)c(F)c3)CCC2C1. The van der Waals surface area contributed by atoms with Gasteiger partial charge in [-0.1, -0.05) is 32.3 Å². The quantitative estimate of drug-likeness (QED) is 0.340. The molecule has 0 radical (unpaired) electrons. The van der Waals surface area contributed by atoms with E-state index in [0.717, 1.165) is 69.2 Å². The van der Waals surface area contributed by atoms with Crippen molar-refractivity contribution in [1.29, 1.82) is 0 Å². The van der Waals surface area contributed by atoms with Crippen LogP contribution < -0.4 is 0 Å². The monoisotopic (exact) mass is 400 g/mol. The Morgan fingerprint density at radius 1 is 0.964 bits per heavy atom. The van der Waals surface area contributed by atoms with E-state index >= 15 is 0 Å². The summed E-state index contributed by atoms with van der Waals surface area (Å²) in [7, 11) is 0. The first-order valence-corrected chi connectivity index (χ1v) is 10.9. The van der Waals surface area contributed by atoms with Gasteiger partial charge in [-0.05, 0) is 80.4 Å². The van der Waals surface area contributed by atoms with Gasteiger partial charge in [-0.15, -0.1) is 0 Å². The Bertz CT molecular complexity index is 628. The van der Waals surface area contributed by atoms with Crippen LogP contribution in [0.15, 0.2) is 18.2 Å². The standard InChI is InChI=1S/C23H32F4O/c1-2-3-4-5-12-28-20-10-8-17-13-16(6-7-18(17)14-20)19-9-11-21(22(24)15-19)23(25,26)27/h9,11,15-18,20H,2-8,10,12-14H2,1H3. The summed E-state index contributed by atoms with van der Waals surface area (Å²) in [5.74, 6) is 0.255. The van der Waals surface area contributed by atoms with Crippen molar-refractivity contribution in [2.75, 3.05) is 6.61 Å². The highest BCUT2D eigenvalue weighted by Crippen LogP contribution is 2.47. The van der Waals surface area contributed by atoms with E-state index in [1.807, 2.05) is 0 Å². The molecule has 2 saturated carbocycles. The minimum atomic E-state index is -4.63. The number of hydrogen-bond acceptors (Lipinski definition) is 1. The Morgan fingerprint density at radius 3 is 2.43 bits per heavy atom. The maximum Gasteiger partial charge on any atom is 0.419 e. The summed E-state index contributed by atoms with van der Waals surface area (Å²) in [5, 5.41) is 0. The van der Waals surface area contributed by atoms with Crippen molar-refractivity contribution in [3.8, 4) is 0 Å². The van der Waals surface area contributed by atoms with Crippen LogP contribution in [0.4, 0.5) is 17.6 Å². The van der Waals surface area contributed by atoms with Gasteiger partial charge in [0.25, 0.3) is 0 Å². The molecule has 1 nitrogen and oxygen atoms in total. The highest BCUT2D eigenvalue weighted by atomic mass is 19.4. The summed E-state index contributed by atoms with van der Waals surface area (Å²) >= 11 is 0. The Labute approximate surface area is 165 Å². The highest BCUT2D eigenvalue weighted by molar-refractivity contribution is 5.29. The van der Waals surface area contributed by atoms with Crippen LogP contribution in [0.25, 0.3) is 0 Å². The lowest BCUT2D eigenvalue weighted by Crippen LogP contribution is -2.34. The van der Waals surface area contributed by atoms with Crippen LogP contribution in [0, 0.1) is 17.7 Å². The lowest BCUT2D eigenvalue weighted by molar-refractivity contribution is -0.140. The third kappa shape index (κ3) is 5.49. The number of halogens is 4. The predicted molar refractivity (Wildman–Crippen MR) is 103 cm³/mol. The van der Waals surface area contributed by atoms with Crippen molar-refractivity contribution < 1.29 is 22.3 Å². The van der Waals surface area contributed by atoms with Gasteiger partial charge < -0.3 is 4.74 Å². The van der Waals surface area contributed by atoms with E-state index in [1.54, 1.807) is 0 Å². The van der Waals surface area contributed by atoms with Gasteiger partial charge >= 0.3 is 6.18 Å². The summed E-state index contributed by atoms with van der Waals surface area (Å²) in [5.41, 5.74) is -0.445. The normalized spacial score (nSPS) is 28.2. The van der Waals surface area contributed by atoms with E-state index in [1.165, 1.54) is 25.3 Å². The second kappa shape index (κ2) is 9.60. The molecule has 2 aliphatic rings. The smallest absolute Gasteiger partial charge is 0.378 e. The average molecular weight is 401 g/mol. The van der Waals surface area contributed by atoms with Gasteiger partial charge in [0.2, 0.25) is 0 Å². The lowest BCUT2D eigenvalue weighted by Gasteiger charge is -2.42. The molecule has 0 bridgehead atoms. The predicted octanol–water partition coefficient (Wildman–Crippen LogP) is 7.49. The first-order chi connectivity index (χ1) is 13.4. The molecule has 2 fully saturated rings. The zero-order valence-corrected chi connectivity index (χ0v) is 16.7. The molecule has 0 spiro atoms. The highest BCUT2D eigenvalue weighted by Gasteiger charge is 2.38. The molecule has 0 amide bonds.